The lowest BCUT2D eigenvalue weighted by Crippen LogP contribution is -2.34. The fourth-order valence-electron chi connectivity index (χ4n) is 3.71. The number of nitrogens with zero attached hydrogens (tertiary/aromatic N) is 4. The molecule has 0 spiro atoms. The van der Waals surface area contributed by atoms with Crippen LogP contribution in [-0.2, 0) is 0 Å². The summed E-state index contributed by atoms with van der Waals surface area (Å²) in [6.45, 7) is 3.94. The number of benzene rings is 1. The van der Waals surface area contributed by atoms with Gasteiger partial charge >= 0.3 is 0 Å². The van der Waals surface area contributed by atoms with Crippen LogP contribution in [0, 0.1) is 5.82 Å². The Balaban J connectivity index is 1.70. The minimum atomic E-state index is -0.462. The number of pyridine rings is 1. The summed E-state index contributed by atoms with van der Waals surface area (Å²) in [4.78, 5) is 21.7. The molecule has 1 amide bonds. The molecule has 9 heteroatoms. The molecule has 162 valence electrons. The second kappa shape index (κ2) is 7.92. The second-order valence-corrected chi connectivity index (χ2v) is 7.75. The van der Waals surface area contributed by atoms with Crippen molar-refractivity contribution in [3.63, 3.8) is 0 Å². The Labute approximate surface area is 183 Å². The third kappa shape index (κ3) is 3.62. The third-order valence-electron chi connectivity index (χ3n) is 5.35. The average molecular weight is 432 g/mol. The number of ether oxygens (including phenoxy) is 1. The Morgan fingerprint density at radius 1 is 1.16 bits per heavy atom. The van der Waals surface area contributed by atoms with Gasteiger partial charge in [0.2, 0.25) is 5.88 Å². The number of anilines is 1. The van der Waals surface area contributed by atoms with E-state index < -0.39 is 5.82 Å². The van der Waals surface area contributed by atoms with Crippen molar-refractivity contribution in [3.05, 3.63) is 71.9 Å². The van der Waals surface area contributed by atoms with Crippen molar-refractivity contribution in [2.75, 3.05) is 11.9 Å². The molecule has 0 aliphatic carbocycles. The Bertz CT molecular complexity index is 1310. The van der Waals surface area contributed by atoms with Gasteiger partial charge in [0, 0.05) is 17.3 Å². The van der Waals surface area contributed by atoms with E-state index >= 15 is 0 Å². The predicted molar refractivity (Wildman–Crippen MR) is 117 cm³/mol. The van der Waals surface area contributed by atoms with Crippen LogP contribution in [0.4, 0.5) is 10.2 Å². The van der Waals surface area contributed by atoms with Gasteiger partial charge in [-0.15, -0.1) is 0 Å². The summed E-state index contributed by atoms with van der Waals surface area (Å²) in [5.41, 5.74) is 3.03. The quantitative estimate of drug-likeness (QED) is 0.477. The highest BCUT2D eigenvalue weighted by atomic mass is 19.1. The van der Waals surface area contributed by atoms with Crippen molar-refractivity contribution in [2.24, 2.45) is 0 Å². The Kier molecular flexibility index (Phi) is 4.93. The molecular weight excluding hydrogens is 411 g/mol. The van der Waals surface area contributed by atoms with Crippen LogP contribution in [0.15, 0.2) is 55.0 Å². The van der Waals surface area contributed by atoms with Crippen LogP contribution < -0.4 is 15.4 Å². The van der Waals surface area contributed by atoms with E-state index in [1.165, 1.54) is 12.3 Å². The Hall–Kier alpha value is -4.01. The summed E-state index contributed by atoms with van der Waals surface area (Å²) < 4.78 is 21.6. The lowest BCUT2D eigenvalue weighted by Gasteiger charge is -2.21. The molecular formula is C23H21FN6O2. The number of carbonyl (C=O) groups excluding carboxylic acids is 1. The molecule has 0 saturated heterocycles. The number of amides is 1. The average Bonchev–Trinajstić information content (AvgIpc) is 3.21. The highest BCUT2D eigenvalue weighted by Crippen LogP contribution is 2.33. The third-order valence-corrected chi connectivity index (χ3v) is 5.35. The number of fused-ring (bicyclic) bond motifs is 2. The topological polar surface area (TPSA) is 93.4 Å². The fourth-order valence-corrected chi connectivity index (χ4v) is 3.71. The molecule has 2 N–H and O–H groups in total. The van der Waals surface area contributed by atoms with Gasteiger partial charge in [-0.3, -0.25) is 4.79 Å². The SMILES string of the molecule is C[C@H]1CNC(=O)c2cnn3cc(-c4ccccc4)c(nc23)N[C@H](C)c2cc(F)cnc2O1. The summed E-state index contributed by atoms with van der Waals surface area (Å²) in [6, 6.07) is 10.7. The smallest absolute Gasteiger partial charge is 0.256 e. The van der Waals surface area contributed by atoms with Crippen molar-refractivity contribution >= 4 is 17.4 Å². The normalized spacial score (nSPS) is 18.5. The van der Waals surface area contributed by atoms with Gasteiger partial charge in [0.25, 0.3) is 5.91 Å². The maximum atomic E-state index is 14.1. The first-order valence-electron chi connectivity index (χ1n) is 10.3. The first kappa shape index (κ1) is 19.9. The minimum absolute atomic E-state index is 0.242. The van der Waals surface area contributed by atoms with Crippen LogP contribution in [0.3, 0.4) is 0 Å². The van der Waals surface area contributed by atoms with E-state index in [-0.39, 0.29) is 24.6 Å². The molecule has 1 aliphatic heterocycles. The molecule has 2 bridgehead atoms. The van der Waals surface area contributed by atoms with Crippen molar-refractivity contribution < 1.29 is 13.9 Å². The molecule has 2 atom stereocenters. The highest BCUT2D eigenvalue weighted by Gasteiger charge is 2.23. The molecule has 4 aromatic rings. The molecule has 0 unspecified atom stereocenters. The van der Waals surface area contributed by atoms with Gasteiger partial charge in [-0.2, -0.15) is 5.10 Å². The van der Waals surface area contributed by atoms with Crippen molar-refractivity contribution in [3.8, 4) is 17.0 Å². The number of carbonyl (C=O) groups is 1. The Morgan fingerprint density at radius 2 is 1.97 bits per heavy atom. The highest BCUT2D eigenvalue weighted by molar-refractivity contribution is 6.00. The molecule has 1 aliphatic rings. The van der Waals surface area contributed by atoms with Gasteiger partial charge in [-0.25, -0.2) is 18.9 Å². The van der Waals surface area contributed by atoms with Crippen LogP contribution in [-0.4, -0.2) is 38.1 Å². The molecule has 0 fully saturated rings. The van der Waals surface area contributed by atoms with E-state index in [1.807, 2.05) is 50.4 Å². The van der Waals surface area contributed by atoms with E-state index in [4.69, 9.17) is 9.72 Å². The van der Waals surface area contributed by atoms with Crippen LogP contribution in [0.25, 0.3) is 16.8 Å². The van der Waals surface area contributed by atoms with E-state index in [2.05, 4.69) is 20.7 Å². The zero-order chi connectivity index (χ0) is 22.2. The molecule has 1 aromatic carbocycles. The molecule has 4 heterocycles. The van der Waals surface area contributed by atoms with Gasteiger partial charge < -0.3 is 15.4 Å². The number of aromatic nitrogens is 4. The molecule has 32 heavy (non-hydrogen) atoms. The number of hydrogen-bond acceptors (Lipinski definition) is 6. The molecule has 8 nitrogen and oxygen atoms in total. The monoisotopic (exact) mass is 432 g/mol. The van der Waals surface area contributed by atoms with E-state index in [1.54, 1.807) is 4.52 Å². The maximum Gasteiger partial charge on any atom is 0.256 e. The number of nitrogens with one attached hydrogen (secondary N) is 2. The second-order valence-electron chi connectivity index (χ2n) is 7.75. The van der Waals surface area contributed by atoms with Gasteiger partial charge in [-0.1, -0.05) is 30.3 Å². The van der Waals surface area contributed by atoms with Crippen LogP contribution in [0.5, 0.6) is 5.88 Å². The summed E-state index contributed by atoms with van der Waals surface area (Å²) in [6.07, 6.45) is 4.06. The zero-order valence-corrected chi connectivity index (χ0v) is 17.5. The number of rotatable bonds is 1. The summed E-state index contributed by atoms with van der Waals surface area (Å²) >= 11 is 0. The van der Waals surface area contributed by atoms with Crippen molar-refractivity contribution in [2.45, 2.75) is 26.0 Å². The number of halogens is 1. The molecule has 0 radical (unpaired) electrons. The zero-order valence-electron chi connectivity index (χ0n) is 17.5. The van der Waals surface area contributed by atoms with Gasteiger partial charge in [0.15, 0.2) is 5.65 Å². The van der Waals surface area contributed by atoms with E-state index in [0.717, 1.165) is 17.3 Å². The standard InChI is InChI=1S/C23H21FN6O2/c1-13-9-25-22(31)18-11-27-30-12-19(15-6-4-3-5-7-15)20(29-21(18)30)28-14(2)17-8-16(24)10-26-23(17)32-13/h3-8,10-14H,9H2,1-2H3,(H,25,31)(H,28,29)/t13-,14+/m0/s1. The fraction of sp³-hybridized carbons (Fsp3) is 0.217. The van der Waals surface area contributed by atoms with Crippen molar-refractivity contribution in [1.29, 1.82) is 0 Å². The van der Waals surface area contributed by atoms with Crippen molar-refractivity contribution in [1.82, 2.24) is 24.9 Å². The summed E-state index contributed by atoms with van der Waals surface area (Å²) in [5.74, 6) is 0.0722. The minimum Gasteiger partial charge on any atom is -0.473 e. The first-order chi connectivity index (χ1) is 15.5. The van der Waals surface area contributed by atoms with Crippen LogP contribution in [0.1, 0.15) is 35.8 Å². The molecule has 0 saturated carbocycles. The molecule has 3 aromatic heterocycles. The lowest BCUT2D eigenvalue weighted by molar-refractivity contribution is 0.0932. The number of hydrogen-bond donors (Lipinski definition) is 2. The predicted octanol–water partition coefficient (Wildman–Crippen LogP) is 3.61. The van der Waals surface area contributed by atoms with E-state index in [0.29, 0.717) is 28.5 Å². The van der Waals surface area contributed by atoms with Gasteiger partial charge in [0.1, 0.15) is 23.3 Å². The first-order valence-corrected chi connectivity index (χ1v) is 10.3. The van der Waals surface area contributed by atoms with Gasteiger partial charge in [-0.05, 0) is 25.5 Å². The molecule has 5 rings (SSSR count). The largest absolute Gasteiger partial charge is 0.473 e. The summed E-state index contributed by atoms with van der Waals surface area (Å²) in [7, 11) is 0. The van der Waals surface area contributed by atoms with Gasteiger partial charge in [0.05, 0.1) is 25.0 Å². The van der Waals surface area contributed by atoms with Crippen LogP contribution >= 0.6 is 0 Å². The summed E-state index contributed by atoms with van der Waals surface area (Å²) in [5, 5.41) is 10.5. The van der Waals surface area contributed by atoms with E-state index in [9.17, 15) is 9.18 Å². The maximum absolute atomic E-state index is 14.1. The lowest BCUT2D eigenvalue weighted by atomic mass is 10.1. The Morgan fingerprint density at radius 3 is 2.78 bits per heavy atom. The van der Waals surface area contributed by atoms with Crippen LogP contribution in [0.2, 0.25) is 0 Å².